The molecule has 0 spiro atoms. The van der Waals surface area contributed by atoms with Crippen molar-refractivity contribution >= 4 is 21.8 Å². The molecule has 0 aliphatic heterocycles. The first-order valence-corrected chi connectivity index (χ1v) is 13.5. The molecule has 2 aromatic carbocycles. The van der Waals surface area contributed by atoms with Crippen molar-refractivity contribution in [3.63, 3.8) is 0 Å². The van der Waals surface area contributed by atoms with Gasteiger partial charge >= 0.3 is 5.97 Å². The maximum Gasteiger partial charge on any atom is 0.322 e. The highest BCUT2D eigenvalue weighted by Gasteiger charge is 2.24. The van der Waals surface area contributed by atoms with E-state index in [1.807, 2.05) is 55.5 Å². The molecule has 4 aromatic rings. The van der Waals surface area contributed by atoms with Gasteiger partial charge in [0.1, 0.15) is 18.1 Å². The molecule has 1 unspecified atom stereocenters. The first-order chi connectivity index (χ1) is 18.3. The Morgan fingerprint density at radius 1 is 0.947 bits per heavy atom. The summed E-state index contributed by atoms with van der Waals surface area (Å²) in [7, 11) is -3.95. The van der Waals surface area contributed by atoms with Gasteiger partial charge in [-0.2, -0.15) is 0 Å². The van der Waals surface area contributed by atoms with Gasteiger partial charge in [-0.25, -0.2) is 23.1 Å². The molecule has 1 atom stereocenters. The Kier molecular flexibility index (Phi) is 8.67. The van der Waals surface area contributed by atoms with Gasteiger partial charge in [0.15, 0.2) is 5.03 Å². The third kappa shape index (κ3) is 7.15. The van der Waals surface area contributed by atoms with Crippen LogP contribution in [0.5, 0.6) is 5.75 Å². The SMILES string of the molecule is CCOc1ccc(-c2ccc(CC(NS(=O)(=O)c3ccccn3)c3cccc(NCC(=O)O)n3)cc2)cc1. The summed E-state index contributed by atoms with van der Waals surface area (Å²) in [5.41, 5.74) is 3.38. The summed E-state index contributed by atoms with van der Waals surface area (Å²) in [4.78, 5) is 19.4. The summed E-state index contributed by atoms with van der Waals surface area (Å²) < 4.78 is 34.5. The van der Waals surface area contributed by atoms with E-state index in [0.29, 0.717) is 24.5 Å². The molecule has 0 fully saturated rings. The number of rotatable bonds is 12. The fraction of sp³-hybridized carbons (Fsp3) is 0.179. The van der Waals surface area contributed by atoms with E-state index in [2.05, 4.69) is 20.0 Å². The van der Waals surface area contributed by atoms with Gasteiger partial charge in [0.25, 0.3) is 10.0 Å². The van der Waals surface area contributed by atoms with Crippen LogP contribution in [0.25, 0.3) is 11.1 Å². The number of benzene rings is 2. The van der Waals surface area contributed by atoms with Crippen molar-refractivity contribution in [2.24, 2.45) is 0 Å². The van der Waals surface area contributed by atoms with Crippen molar-refractivity contribution in [3.05, 3.63) is 102 Å². The minimum absolute atomic E-state index is 0.101. The normalized spacial score (nSPS) is 12.0. The lowest BCUT2D eigenvalue weighted by atomic mass is 9.99. The van der Waals surface area contributed by atoms with E-state index in [4.69, 9.17) is 9.84 Å². The largest absolute Gasteiger partial charge is 0.494 e. The minimum Gasteiger partial charge on any atom is -0.494 e. The van der Waals surface area contributed by atoms with Gasteiger partial charge in [-0.1, -0.05) is 48.5 Å². The number of carbonyl (C=O) groups is 1. The Balaban J connectivity index is 1.59. The molecule has 0 bridgehead atoms. The predicted molar refractivity (Wildman–Crippen MR) is 144 cm³/mol. The standard InChI is InChI=1S/C28H28N4O5S/c1-2-37-23-15-13-22(14-16-23)21-11-9-20(10-12-21)18-25(32-38(35,36)27-8-3-4-17-29-27)24-6-5-7-26(31-24)30-19-28(33)34/h3-17,25,32H,2,18-19H2,1H3,(H,30,31)(H,33,34). The quantitative estimate of drug-likeness (QED) is 0.246. The highest BCUT2D eigenvalue weighted by Crippen LogP contribution is 2.26. The number of nitrogens with one attached hydrogen (secondary N) is 2. The Hall–Kier alpha value is -4.28. The summed E-state index contributed by atoms with van der Waals surface area (Å²) in [6.07, 6.45) is 1.73. The molecule has 196 valence electrons. The monoisotopic (exact) mass is 532 g/mol. The molecular weight excluding hydrogens is 504 g/mol. The Morgan fingerprint density at radius 2 is 1.66 bits per heavy atom. The van der Waals surface area contributed by atoms with Gasteiger partial charge in [0.2, 0.25) is 0 Å². The van der Waals surface area contributed by atoms with Crippen molar-refractivity contribution in [1.29, 1.82) is 0 Å². The van der Waals surface area contributed by atoms with Crippen molar-refractivity contribution in [3.8, 4) is 16.9 Å². The van der Waals surface area contributed by atoms with Crippen LogP contribution in [0, 0.1) is 0 Å². The second-order valence-corrected chi connectivity index (χ2v) is 10.1. The second-order valence-electron chi connectivity index (χ2n) is 8.40. The number of carboxylic acids is 1. The van der Waals surface area contributed by atoms with Crippen LogP contribution < -0.4 is 14.8 Å². The fourth-order valence-corrected chi connectivity index (χ4v) is 5.01. The Morgan fingerprint density at radius 3 is 2.29 bits per heavy atom. The van der Waals surface area contributed by atoms with Crippen molar-refractivity contribution < 1.29 is 23.1 Å². The maximum atomic E-state index is 13.1. The predicted octanol–water partition coefficient (Wildman–Crippen LogP) is 4.30. The first kappa shape index (κ1) is 26.8. The number of sulfonamides is 1. The lowest BCUT2D eigenvalue weighted by Crippen LogP contribution is -2.31. The topological polar surface area (TPSA) is 131 Å². The molecule has 3 N–H and O–H groups in total. The molecule has 4 rings (SSSR count). The molecule has 0 aliphatic carbocycles. The molecule has 10 heteroatoms. The zero-order valence-corrected chi connectivity index (χ0v) is 21.6. The zero-order valence-electron chi connectivity index (χ0n) is 20.7. The third-order valence-electron chi connectivity index (χ3n) is 5.65. The number of carboxylic acid groups (broad SMARTS) is 1. The van der Waals surface area contributed by atoms with Gasteiger partial charge < -0.3 is 15.2 Å². The summed E-state index contributed by atoms with van der Waals surface area (Å²) >= 11 is 0. The summed E-state index contributed by atoms with van der Waals surface area (Å²) in [5, 5.41) is 11.6. The highest BCUT2D eigenvalue weighted by molar-refractivity contribution is 7.89. The van der Waals surface area contributed by atoms with Crippen LogP contribution in [-0.2, 0) is 21.2 Å². The average Bonchev–Trinajstić information content (AvgIpc) is 2.93. The lowest BCUT2D eigenvalue weighted by molar-refractivity contribution is -0.134. The van der Waals surface area contributed by atoms with Crippen LogP contribution in [0.2, 0.25) is 0 Å². The minimum atomic E-state index is -3.95. The van der Waals surface area contributed by atoms with E-state index in [-0.39, 0.29) is 11.6 Å². The first-order valence-electron chi connectivity index (χ1n) is 12.0. The zero-order chi connectivity index (χ0) is 27.0. The van der Waals surface area contributed by atoms with Gasteiger partial charge in [-0.3, -0.25) is 4.79 Å². The molecule has 0 radical (unpaired) electrons. The van der Waals surface area contributed by atoms with Crippen LogP contribution in [0.15, 0.2) is 96.2 Å². The molecule has 0 aliphatic rings. The summed E-state index contributed by atoms with van der Waals surface area (Å²) in [5.74, 6) is 0.110. The van der Waals surface area contributed by atoms with Gasteiger partial charge in [0.05, 0.1) is 18.3 Å². The number of nitrogens with zero attached hydrogens (tertiary/aromatic N) is 2. The van der Waals surface area contributed by atoms with Crippen molar-refractivity contribution in [2.45, 2.75) is 24.4 Å². The maximum absolute atomic E-state index is 13.1. The van der Waals surface area contributed by atoms with E-state index in [0.717, 1.165) is 22.4 Å². The number of aromatic nitrogens is 2. The van der Waals surface area contributed by atoms with Crippen LogP contribution in [0.4, 0.5) is 5.82 Å². The van der Waals surface area contributed by atoms with E-state index in [9.17, 15) is 13.2 Å². The van der Waals surface area contributed by atoms with Crippen molar-refractivity contribution in [1.82, 2.24) is 14.7 Å². The number of aliphatic carboxylic acids is 1. The Labute approximate surface area is 221 Å². The molecule has 38 heavy (non-hydrogen) atoms. The third-order valence-corrected chi connectivity index (χ3v) is 7.04. The van der Waals surface area contributed by atoms with Gasteiger partial charge in [0, 0.05) is 6.20 Å². The smallest absolute Gasteiger partial charge is 0.322 e. The number of hydrogen-bond acceptors (Lipinski definition) is 7. The molecule has 9 nitrogen and oxygen atoms in total. The molecular formula is C28H28N4O5S. The summed E-state index contributed by atoms with van der Waals surface area (Å²) in [6.45, 7) is 2.23. The molecule has 0 amide bonds. The second kappa shape index (κ2) is 12.3. The van der Waals surface area contributed by atoms with E-state index in [1.54, 1.807) is 30.3 Å². The van der Waals surface area contributed by atoms with E-state index >= 15 is 0 Å². The number of pyridine rings is 2. The molecule has 2 aromatic heterocycles. The lowest BCUT2D eigenvalue weighted by Gasteiger charge is -2.19. The fourth-order valence-electron chi connectivity index (χ4n) is 3.85. The molecule has 0 saturated carbocycles. The van der Waals surface area contributed by atoms with Crippen LogP contribution in [0.3, 0.4) is 0 Å². The number of anilines is 1. The van der Waals surface area contributed by atoms with Crippen molar-refractivity contribution in [2.75, 3.05) is 18.5 Å². The average molecular weight is 533 g/mol. The Bertz CT molecular complexity index is 1460. The van der Waals surface area contributed by atoms with E-state index < -0.39 is 22.0 Å². The van der Waals surface area contributed by atoms with Crippen LogP contribution in [0.1, 0.15) is 24.2 Å². The molecule has 0 saturated heterocycles. The number of ether oxygens (including phenoxy) is 1. The van der Waals surface area contributed by atoms with E-state index in [1.165, 1.54) is 12.3 Å². The van der Waals surface area contributed by atoms with Gasteiger partial charge in [-0.05, 0) is 66.4 Å². The summed E-state index contributed by atoms with van der Waals surface area (Å²) in [6, 6.07) is 24.6. The molecule has 2 heterocycles. The number of hydrogen-bond donors (Lipinski definition) is 3. The van der Waals surface area contributed by atoms with Crippen LogP contribution >= 0.6 is 0 Å². The van der Waals surface area contributed by atoms with Gasteiger partial charge in [-0.15, -0.1) is 0 Å². The highest BCUT2D eigenvalue weighted by atomic mass is 32.2. The van der Waals surface area contributed by atoms with Crippen LogP contribution in [-0.4, -0.2) is 42.6 Å².